The van der Waals surface area contributed by atoms with Gasteiger partial charge >= 0.3 is 0 Å². The van der Waals surface area contributed by atoms with E-state index in [0.717, 1.165) is 5.56 Å². The SMILES string of the molecule is CC(=O)c1cccc(NC(=O)[C@@H](C)Oc2ccc(Cl)c(C)c2)c1. The molecule has 4 nitrogen and oxygen atoms in total. The number of hydrogen-bond donors (Lipinski definition) is 1. The highest BCUT2D eigenvalue weighted by atomic mass is 35.5. The first-order chi connectivity index (χ1) is 10.9. The van der Waals surface area contributed by atoms with Crippen molar-refractivity contribution in [1.29, 1.82) is 0 Å². The molecule has 0 spiro atoms. The van der Waals surface area contributed by atoms with Gasteiger partial charge in [0.05, 0.1) is 0 Å². The summed E-state index contributed by atoms with van der Waals surface area (Å²) in [6, 6.07) is 12.0. The number of anilines is 1. The number of nitrogens with one attached hydrogen (secondary N) is 1. The van der Waals surface area contributed by atoms with Crippen LogP contribution in [0.1, 0.15) is 29.8 Å². The third-order valence-corrected chi connectivity index (χ3v) is 3.77. The minimum Gasteiger partial charge on any atom is -0.481 e. The van der Waals surface area contributed by atoms with Gasteiger partial charge in [-0.15, -0.1) is 0 Å². The van der Waals surface area contributed by atoms with E-state index in [1.54, 1.807) is 49.4 Å². The second-order valence-corrected chi connectivity index (χ2v) is 5.70. The van der Waals surface area contributed by atoms with Crippen molar-refractivity contribution in [2.24, 2.45) is 0 Å². The molecule has 0 aliphatic heterocycles. The summed E-state index contributed by atoms with van der Waals surface area (Å²) in [5.41, 5.74) is 1.99. The van der Waals surface area contributed by atoms with Crippen molar-refractivity contribution in [2.45, 2.75) is 26.9 Å². The normalized spacial score (nSPS) is 11.7. The van der Waals surface area contributed by atoms with Gasteiger partial charge in [-0.1, -0.05) is 23.7 Å². The van der Waals surface area contributed by atoms with Crippen molar-refractivity contribution in [2.75, 3.05) is 5.32 Å². The standard InChI is InChI=1S/C18H18ClNO3/c1-11-9-16(7-8-17(11)19)23-13(3)18(22)20-15-6-4-5-14(10-15)12(2)21/h4-10,13H,1-3H3,(H,20,22)/t13-/m1/s1. The van der Waals surface area contributed by atoms with Crippen LogP contribution in [0.15, 0.2) is 42.5 Å². The second-order valence-electron chi connectivity index (χ2n) is 5.30. The number of aryl methyl sites for hydroxylation is 1. The molecular weight excluding hydrogens is 314 g/mol. The monoisotopic (exact) mass is 331 g/mol. The summed E-state index contributed by atoms with van der Waals surface area (Å²) in [5.74, 6) is 0.229. The van der Waals surface area contributed by atoms with Crippen LogP contribution in [0, 0.1) is 6.92 Å². The first-order valence-electron chi connectivity index (χ1n) is 7.21. The Morgan fingerprint density at radius 2 is 1.91 bits per heavy atom. The molecule has 0 fully saturated rings. The predicted molar refractivity (Wildman–Crippen MR) is 91.4 cm³/mol. The number of hydrogen-bond acceptors (Lipinski definition) is 3. The Morgan fingerprint density at radius 1 is 1.17 bits per heavy atom. The van der Waals surface area contributed by atoms with Crippen molar-refractivity contribution in [1.82, 2.24) is 0 Å². The van der Waals surface area contributed by atoms with Crippen LogP contribution in [0.3, 0.4) is 0 Å². The molecule has 1 atom stereocenters. The highest BCUT2D eigenvalue weighted by Gasteiger charge is 2.15. The second kappa shape index (κ2) is 7.29. The van der Waals surface area contributed by atoms with Crippen molar-refractivity contribution >= 4 is 29.0 Å². The topological polar surface area (TPSA) is 55.4 Å². The average Bonchev–Trinajstić information content (AvgIpc) is 2.51. The van der Waals surface area contributed by atoms with Crippen molar-refractivity contribution < 1.29 is 14.3 Å². The van der Waals surface area contributed by atoms with Crippen molar-refractivity contribution in [3.63, 3.8) is 0 Å². The zero-order chi connectivity index (χ0) is 17.0. The largest absolute Gasteiger partial charge is 0.481 e. The predicted octanol–water partition coefficient (Wildman–Crippen LogP) is 4.26. The number of Topliss-reactive ketones (excluding diaryl/α,β-unsaturated/α-hetero) is 1. The third kappa shape index (κ3) is 4.57. The Bertz CT molecular complexity index is 743. The number of carbonyl (C=O) groups excluding carboxylic acids is 2. The Morgan fingerprint density at radius 3 is 2.57 bits per heavy atom. The van der Waals surface area contributed by atoms with E-state index >= 15 is 0 Å². The van der Waals surface area contributed by atoms with Crippen LogP contribution in [0.25, 0.3) is 0 Å². The fraction of sp³-hybridized carbons (Fsp3) is 0.222. The minimum atomic E-state index is -0.684. The number of amides is 1. The van der Waals surface area contributed by atoms with Gasteiger partial charge in [0.1, 0.15) is 5.75 Å². The van der Waals surface area contributed by atoms with Gasteiger partial charge in [-0.2, -0.15) is 0 Å². The van der Waals surface area contributed by atoms with Crippen LogP contribution in [-0.4, -0.2) is 17.8 Å². The molecule has 1 amide bonds. The highest BCUT2D eigenvalue weighted by Crippen LogP contribution is 2.22. The van der Waals surface area contributed by atoms with Gasteiger partial charge in [0.2, 0.25) is 0 Å². The Kier molecular flexibility index (Phi) is 5.40. The zero-order valence-electron chi connectivity index (χ0n) is 13.2. The van der Waals surface area contributed by atoms with Crippen LogP contribution >= 0.6 is 11.6 Å². The van der Waals surface area contributed by atoms with Crippen molar-refractivity contribution in [3.8, 4) is 5.75 Å². The van der Waals surface area contributed by atoms with E-state index in [9.17, 15) is 9.59 Å². The number of benzene rings is 2. The van der Waals surface area contributed by atoms with Crippen LogP contribution in [-0.2, 0) is 4.79 Å². The summed E-state index contributed by atoms with van der Waals surface area (Å²) in [6.07, 6.45) is -0.684. The van der Waals surface area contributed by atoms with Gasteiger partial charge < -0.3 is 10.1 Å². The number of ether oxygens (including phenoxy) is 1. The molecule has 0 bridgehead atoms. The average molecular weight is 332 g/mol. The number of carbonyl (C=O) groups is 2. The van der Waals surface area contributed by atoms with Crippen LogP contribution in [0.5, 0.6) is 5.75 Å². The lowest BCUT2D eigenvalue weighted by Crippen LogP contribution is -2.30. The van der Waals surface area contributed by atoms with E-state index in [1.165, 1.54) is 6.92 Å². The summed E-state index contributed by atoms with van der Waals surface area (Å²) < 4.78 is 5.62. The molecule has 1 N–H and O–H groups in total. The van der Waals surface area contributed by atoms with Gasteiger partial charge in [-0.05, 0) is 56.7 Å². The van der Waals surface area contributed by atoms with Crippen LogP contribution < -0.4 is 10.1 Å². The fourth-order valence-corrected chi connectivity index (χ4v) is 2.13. The maximum absolute atomic E-state index is 12.2. The van der Waals surface area contributed by atoms with Gasteiger partial charge in [0, 0.05) is 16.3 Å². The lowest BCUT2D eigenvalue weighted by molar-refractivity contribution is -0.122. The summed E-state index contributed by atoms with van der Waals surface area (Å²) in [6.45, 7) is 5.01. The summed E-state index contributed by atoms with van der Waals surface area (Å²) >= 11 is 5.97. The highest BCUT2D eigenvalue weighted by molar-refractivity contribution is 6.31. The first-order valence-corrected chi connectivity index (χ1v) is 7.59. The van der Waals surface area contributed by atoms with Gasteiger partial charge in [-0.25, -0.2) is 0 Å². The molecule has 0 aromatic heterocycles. The Balaban J connectivity index is 2.03. The van der Waals surface area contributed by atoms with Crippen LogP contribution in [0.2, 0.25) is 5.02 Å². The van der Waals surface area contributed by atoms with Crippen molar-refractivity contribution in [3.05, 3.63) is 58.6 Å². The fourth-order valence-electron chi connectivity index (χ4n) is 2.01. The molecule has 0 unspecified atom stereocenters. The van der Waals surface area contributed by atoms with E-state index < -0.39 is 6.10 Å². The van der Waals surface area contributed by atoms with E-state index in [0.29, 0.717) is 22.0 Å². The lowest BCUT2D eigenvalue weighted by Gasteiger charge is -2.15. The molecule has 5 heteroatoms. The quantitative estimate of drug-likeness (QED) is 0.833. The summed E-state index contributed by atoms with van der Waals surface area (Å²) in [4.78, 5) is 23.6. The third-order valence-electron chi connectivity index (χ3n) is 3.35. The first kappa shape index (κ1) is 17.0. The van der Waals surface area contributed by atoms with E-state index in [-0.39, 0.29) is 11.7 Å². The minimum absolute atomic E-state index is 0.0537. The van der Waals surface area contributed by atoms with Crippen LogP contribution in [0.4, 0.5) is 5.69 Å². The van der Waals surface area contributed by atoms with E-state index in [1.807, 2.05) is 6.92 Å². The number of rotatable bonds is 5. The molecule has 23 heavy (non-hydrogen) atoms. The van der Waals surface area contributed by atoms with E-state index in [4.69, 9.17) is 16.3 Å². The van der Waals surface area contributed by atoms with Gasteiger partial charge in [0.15, 0.2) is 11.9 Å². The molecule has 0 radical (unpaired) electrons. The molecule has 2 aromatic rings. The molecule has 2 aromatic carbocycles. The number of ketones is 1. The van der Waals surface area contributed by atoms with Gasteiger partial charge in [-0.3, -0.25) is 9.59 Å². The molecule has 120 valence electrons. The molecule has 0 aliphatic rings. The Labute approximate surface area is 140 Å². The molecule has 0 saturated carbocycles. The molecule has 0 saturated heterocycles. The molecular formula is C18H18ClNO3. The van der Waals surface area contributed by atoms with E-state index in [2.05, 4.69) is 5.32 Å². The molecule has 0 heterocycles. The van der Waals surface area contributed by atoms with Gasteiger partial charge in [0.25, 0.3) is 5.91 Å². The maximum atomic E-state index is 12.2. The maximum Gasteiger partial charge on any atom is 0.265 e. The molecule has 2 rings (SSSR count). The zero-order valence-corrected chi connectivity index (χ0v) is 14.0. The summed E-state index contributed by atoms with van der Waals surface area (Å²) in [7, 11) is 0. The Hall–Kier alpha value is -2.33. The summed E-state index contributed by atoms with van der Waals surface area (Å²) in [5, 5.41) is 3.39. The lowest BCUT2D eigenvalue weighted by atomic mass is 10.1. The smallest absolute Gasteiger partial charge is 0.265 e. The number of halogens is 1. The molecule has 0 aliphatic carbocycles.